The van der Waals surface area contributed by atoms with Crippen molar-refractivity contribution >= 4 is 23.4 Å². The van der Waals surface area contributed by atoms with Crippen LogP contribution in [0.4, 0.5) is 0 Å². The van der Waals surface area contributed by atoms with Gasteiger partial charge in [0.25, 0.3) is 0 Å². The highest BCUT2D eigenvalue weighted by Gasteiger charge is 2.34. The van der Waals surface area contributed by atoms with Gasteiger partial charge in [0.05, 0.1) is 6.04 Å². The van der Waals surface area contributed by atoms with E-state index in [9.17, 15) is 9.59 Å². The van der Waals surface area contributed by atoms with Crippen molar-refractivity contribution in [2.24, 2.45) is 5.92 Å². The molecule has 0 fully saturated rings. The summed E-state index contributed by atoms with van der Waals surface area (Å²) in [6.07, 6.45) is 2.04. The van der Waals surface area contributed by atoms with Gasteiger partial charge in [0.1, 0.15) is 6.54 Å². The molecule has 1 aromatic heterocycles. The van der Waals surface area contributed by atoms with Crippen molar-refractivity contribution in [3.05, 3.63) is 58.9 Å². The zero-order valence-corrected chi connectivity index (χ0v) is 17.7. The van der Waals surface area contributed by atoms with Crippen molar-refractivity contribution in [1.82, 2.24) is 14.4 Å². The third-order valence-corrected chi connectivity index (χ3v) is 5.50. The highest BCUT2D eigenvalue weighted by atomic mass is 35.5. The zero-order valence-electron chi connectivity index (χ0n) is 16.9. The van der Waals surface area contributed by atoms with Crippen LogP contribution in [0.2, 0.25) is 5.02 Å². The quantitative estimate of drug-likeness (QED) is 0.761. The first-order valence-electron chi connectivity index (χ1n) is 9.80. The highest BCUT2D eigenvalue weighted by Crippen LogP contribution is 2.33. The highest BCUT2D eigenvalue weighted by molar-refractivity contribution is 6.30. The molecule has 1 aromatic carbocycles. The van der Waals surface area contributed by atoms with Crippen LogP contribution in [0.25, 0.3) is 0 Å². The van der Waals surface area contributed by atoms with Crippen LogP contribution in [0, 0.1) is 5.92 Å². The molecule has 1 aliphatic heterocycles. The number of halogens is 1. The molecule has 6 heteroatoms. The minimum Gasteiger partial charge on any atom is -0.348 e. The summed E-state index contributed by atoms with van der Waals surface area (Å²) < 4.78 is 2.18. The van der Waals surface area contributed by atoms with Crippen molar-refractivity contribution in [2.75, 3.05) is 13.1 Å². The first-order chi connectivity index (χ1) is 13.3. The number of fused-ring (bicyclic) bond motifs is 1. The molecule has 2 heterocycles. The van der Waals surface area contributed by atoms with E-state index in [4.69, 9.17) is 11.6 Å². The monoisotopic (exact) mass is 401 g/mol. The summed E-state index contributed by atoms with van der Waals surface area (Å²) in [6, 6.07) is 11.5. The van der Waals surface area contributed by atoms with Crippen molar-refractivity contribution in [1.29, 1.82) is 0 Å². The predicted octanol–water partition coefficient (Wildman–Crippen LogP) is 3.97. The third kappa shape index (κ3) is 4.09. The van der Waals surface area contributed by atoms with E-state index in [0.29, 0.717) is 11.6 Å². The lowest BCUT2D eigenvalue weighted by Gasteiger charge is -2.39. The summed E-state index contributed by atoms with van der Waals surface area (Å²) in [5.41, 5.74) is 2.09. The molecule has 0 saturated heterocycles. The molecule has 0 saturated carbocycles. The van der Waals surface area contributed by atoms with Crippen LogP contribution in [-0.2, 0) is 16.1 Å². The molecule has 5 nitrogen and oxygen atoms in total. The minimum atomic E-state index is -0.184. The molecule has 0 bridgehead atoms. The van der Waals surface area contributed by atoms with Gasteiger partial charge in [-0.15, -0.1) is 0 Å². The van der Waals surface area contributed by atoms with Gasteiger partial charge in [-0.25, -0.2) is 0 Å². The van der Waals surface area contributed by atoms with Crippen LogP contribution >= 0.6 is 11.6 Å². The fourth-order valence-electron chi connectivity index (χ4n) is 3.73. The standard InChI is InChI=1S/C22H28ClN3O2/c1-15(2)22(28)26(16(3)4)14-20(27)25-13-12-24-11-5-6-19(24)21(25)17-7-9-18(23)10-8-17/h5-11,15-16,21H,12-14H2,1-4H3/t21-/m1/s1. The van der Waals surface area contributed by atoms with Gasteiger partial charge in [-0.3, -0.25) is 9.59 Å². The topological polar surface area (TPSA) is 45.6 Å². The number of benzene rings is 1. The van der Waals surface area contributed by atoms with Crippen LogP contribution in [0.5, 0.6) is 0 Å². The van der Waals surface area contributed by atoms with E-state index < -0.39 is 0 Å². The van der Waals surface area contributed by atoms with Crippen LogP contribution in [0.15, 0.2) is 42.6 Å². The van der Waals surface area contributed by atoms with Crippen molar-refractivity contribution in [2.45, 2.75) is 46.3 Å². The van der Waals surface area contributed by atoms with Gasteiger partial charge < -0.3 is 14.4 Å². The van der Waals surface area contributed by atoms with E-state index in [2.05, 4.69) is 10.6 Å². The maximum atomic E-state index is 13.3. The fourth-order valence-corrected chi connectivity index (χ4v) is 3.86. The zero-order chi connectivity index (χ0) is 20.4. The van der Waals surface area contributed by atoms with Crippen molar-refractivity contribution in [3.63, 3.8) is 0 Å². The van der Waals surface area contributed by atoms with Crippen molar-refractivity contribution in [3.8, 4) is 0 Å². The molecular formula is C22H28ClN3O2. The maximum absolute atomic E-state index is 13.3. The van der Waals surface area contributed by atoms with E-state index in [1.807, 2.05) is 69.1 Å². The third-order valence-electron chi connectivity index (χ3n) is 5.25. The Hall–Kier alpha value is -2.27. The van der Waals surface area contributed by atoms with E-state index in [0.717, 1.165) is 17.8 Å². The molecule has 1 aliphatic rings. The number of hydrogen-bond acceptors (Lipinski definition) is 2. The summed E-state index contributed by atoms with van der Waals surface area (Å²) in [5, 5.41) is 0.668. The van der Waals surface area contributed by atoms with Gasteiger partial charge in [-0.1, -0.05) is 37.6 Å². The Kier molecular flexibility index (Phi) is 6.14. The number of nitrogens with zero attached hydrogens (tertiary/aromatic N) is 3. The molecule has 0 unspecified atom stereocenters. The van der Waals surface area contributed by atoms with Gasteiger partial charge in [0, 0.05) is 42.0 Å². The molecule has 0 radical (unpaired) electrons. The number of carbonyl (C=O) groups is 2. The van der Waals surface area contributed by atoms with Gasteiger partial charge in [-0.2, -0.15) is 0 Å². The van der Waals surface area contributed by atoms with Gasteiger partial charge in [0.2, 0.25) is 11.8 Å². The second-order valence-electron chi connectivity index (χ2n) is 7.88. The Labute approximate surface area is 171 Å². The lowest BCUT2D eigenvalue weighted by molar-refractivity contribution is -0.145. The SMILES string of the molecule is CC(C)C(=O)N(CC(=O)N1CCn2cccc2[C@H]1c1ccc(Cl)cc1)C(C)C. The Balaban J connectivity index is 1.91. The fraction of sp³-hybridized carbons (Fsp3) is 0.455. The van der Waals surface area contributed by atoms with Crippen LogP contribution < -0.4 is 0 Å². The minimum absolute atomic E-state index is 0.00628. The Morgan fingerprint density at radius 3 is 2.39 bits per heavy atom. The molecule has 3 rings (SSSR count). The summed E-state index contributed by atoms with van der Waals surface area (Å²) in [4.78, 5) is 29.5. The number of hydrogen-bond donors (Lipinski definition) is 0. The molecule has 0 aliphatic carbocycles. The maximum Gasteiger partial charge on any atom is 0.243 e. The lowest BCUT2D eigenvalue weighted by atomic mass is 9.99. The predicted molar refractivity (Wildman–Crippen MR) is 111 cm³/mol. The Morgan fingerprint density at radius 2 is 1.79 bits per heavy atom. The van der Waals surface area contributed by atoms with Gasteiger partial charge in [-0.05, 0) is 43.7 Å². The first-order valence-corrected chi connectivity index (χ1v) is 10.2. The van der Waals surface area contributed by atoms with E-state index >= 15 is 0 Å². The largest absolute Gasteiger partial charge is 0.348 e. The number of carbonyl (C=O) groups excluding carboxylic acids is 2. The first kappa shape index (κ1) is 20.5. The van der Waals surface area contributed by atoms with E-state index in [1.165, 1.54) is 0 Å². The summed E-state index contributed by atoms with van der Waals surface area (Å²) in [6.45, 7) is 9.09. The second kappa shape index (κ2) is 8.39. The van der Waals surface area contributed by atoms with Crippen LogP contribution in [0.1, 0.15) is 45.0 Å². The molecule has 150 valence electrons. The number of aromatic nitrogens is 1. The van der Waals surface area contributed by atoms with E-state index in [-0.39, 0.29) is 36.4 Å². The summed E-state index contributed by atoms with van der Waals surface area (Å²) >= 11 is 6.07. The normalized spacial score (nSPS) is 16.4. The molecule has 0 spiro atoms. The molecule has 0 N–H and O–H groups in total. The molecule has 2 aromatic rings. The van der Waals surface area contributed by atoms with Gasteiger partial charge >= 0.3 is 0 Å². The molecule has 28 heavy (non-hydrogen) atoms. The lowest BCUT2D eigenvalue weighted by Crippen LogP contribution is -2.50. The molecule has 1 atom stereocenters. The Morgan fingerprint density at radius 1 is 1.11 bits per heavy atom. The summed E-state index contributed by atoms with van der Waals surface area (Å²) in [7, 11) is 0. The average Bonchev–Trinajstić information content (AvgIpc) is 3.13. The number of rotatable bonds is 5. The molecular weight excluding hydrogens is 374 g/mol. The Bertz CT molecular complexity index is 842. The summed E-state index contributed by atoms with van der Waals surface area (Å²) in [5.74, 6) is -0.164. The van der Waals surface area contributed by atoms with Crippen molar-refractivity contribution < 1.29 is 9.59 Å². The molecule has 2 amide bonds. The van der Waals surface area contributed by atoms with Gasteiger partial charge in [0.15, 0.2) is 0 Å². The van der Waals surface area contributed by atoms with E-state index in [1.54, 1.807) is 4.90 Å². The average molecular weight is 402 g/mol. The number of amides is 2. The van der Waals surface area contributed by atoms with Crippen LogP contribution in [0.3, 0.4) is 0 Å². The smallest absolute Gasteiger partial charge is 0.243 e. The van der Waals surface area contributed by atoms with Crippen LogP contribution in [-0.4, -0.2) is 45.3 Å². The second-order valence-corrected chi connectivity index (χ2v) is 8.32.